The number of nitrogens with zero attached hydrogens (tertiary/aromatic N) is 5. The molecule has 7 nitrogen and oxygen atoms in total. The van der Waals surface area contributed by atoms with Crippen molar-refractivity contribution in [3.05, 3.63) is 57.5 Å². The van der Waals surface area contributed by atoms with Crippen molar-refractivity contribution in [3.8, 4) is 0 Å². The number of hydrazone groups is 1. The van der Waals surface area contributed by atoms with Gasteiger partial charge in [0, 0.05) is 62.0 Å². The van der Waals surface area contributed by atoms with Gasteiger partial charge in [0.2, 0.25) is 0 Å². The van der Waals surface area contributed by atoms with Gasteiger partial charge in [0.1, 0.15) is 11.6 Å². The van der Waals surface area contributed by atoms with Crippen LogP contribution >= 0.6 is 23.2 Å². The van der Waals surface area contributed by atoms with E-state index < -0.39 is 0 Å². The van der Waals surface area contributed by atoms with Crippen LogP contribution in [-0.2, 0) is 6.54 Å². The third-order valence-corrected chi connectivity index (χ3v) is 7.50. The second kappa shape index (κ2) is 11.1. The predicted molar refractivity (Wildman–Crippen MR) is 139 cm³/mol. The zero-order valence-electron chi connectivity index (χ0n) is 19.4. The highest BCUT2D eigenvalue weighted by atomic mass is 35.5. The van der Waals surface area contributed by atoms with Gasteiger partial charge in [-0.15, -0.1) is 0 Å². The van der Waals surface area contributed by atoms with E-state index in [2.05, 4.69) is 31.7 Å². The zero-order valence-corrected chi connectivity index (χ0v) is 20.9. The summed E-state index contributed by atoms with van der Waals surface area (Å²) in [5, 5.41) is 4.50. The first-order valence-electron chi connectivity index (χ1n) is 11.8. The first-order valence-corrected chi connectivity index (χ1v) is 12.5. The molecule has 0 aliphatic carbocycles. The zero-order chi connectivity index (χ0) is 24.2. The number of rotatable bonds is 6. The van der Waals surface area contributed by atoms with Crippen LogP contribution < -0.4 is 16.5 Å². The van der Waals surface area contributed by atoms with Crippen LogP contribution in [0.3, 0.4) is 0 Å². The van der Waals surface area contributed by atoms with E-state index in [4.69, 9.17) is 34.8 Å². The maximum absolute atomic E-state index is 14.2. The van der Waals surface area contributed by atoms with Gasteiger partial charge in [0.05, 0.1) is 5.02 Å². The summed E-state index contributed by atoms with van der Waals surface area (Å²) in [6.07, 6.45) is 4.88. The summed E-state index contributed by atoms with van der Waals surface area (Å²) in [6.45, 7) is 7.47. The highest BCUT2D eigenvalue weighted by Gasteiger charge is 2.34. The number of anilines is 1. The molecule has 34 heavy (non-hydrogen) atoms. The highest BCUT2D eigenvalue weighted by molar-refractivity contribution is 6.33. The SMILES string of the molecule is CC[C@H]1CN(c2ncc(C(N)=NN)cc2Cl)CCN1C1CCN(Cc2ccc(Cl)cc2F)CC1.[HH]. The Morgan fingerprint density at radius 3 is 2.62 bits per heavy atom. The number of hydrogen-bond acceptors (Lipinski definition) is 6. The van der Waals surface area contributed by atoms with Gasteiger partial charge >= 0.3 is 0 Å². The van der Waals surface area contributed by atoms with E-state index in [-0.39, 0.29) is 13.1 Å². The molecule has 186 valence electrons. The minimum atomic E-state index is -0.227. The van der Waals surface area contributed by atoms with Crippen LogP contribution in [0.4, 0.5) is 10.2 Å². The van der Waals surface area contributed by atoms with E-state index in [9.17, 15) is 4.39 Å². The number of nitrogens with two attached hydrogens (primary N) is 2. The van der Waals surface area contributed by atoms with E-state index in [1.807, 2.05) is 0 Å². The molecule has 2 fully saturated rings. The molecular formula is C24H34Cl2FN7. The van der Waals surface area contributed by atoms with Crippen LogP contribution in [0.25, 0.3) is 0 Å². The number of hydrogen-bond donors (Lipinski definition) is 2. The molecule has 2 aromatic rings. The number of amidine groups is 1. The molecule has 0 bridgehead atoms. The Bertz CT molecular complexity index is 1030. The summed E-state index contributed by atoms with van der Waals surface area (Å²) in [4.78, 5) is 11.8. The fraction of sp³-hybridized carbons (Fsp3) is 0.500. The van der Waals surface area contributed by atoms with Gasteiger partial charge in [0.25, 0.3) is 0 Å². The summed E-state index contributed by atoms with van der Waals surface area (Å²) < 4.78 is 14.2. The Morgan fingerprint density at radius 2 is 1.97 bits per heavy atom. The van der Waals surface area contributed by atoms with Crippen molar-refractivity contribution in [2.45, 2.75) is 44.8 Å². The van der Waals surface area contributed by atoms with Crippen molar-refractivity contribution in [1.29, 1.82) is 0 Å². The van der Waals surface area contributed by atoms with Crippen LogP contribution in [0.5, 0.6) is 0 Å². The average molecular weight is 510 g/mol. The molecule has 0 radical (unpaired) electrons. The summed E-state index contributed by atoms with van der Waals surface area (Å²) in [6, 6.07) is 7.66. The molecule has 0 unspecified atom stereocenters. The largest absolute Gasteiger partial charge is 0.382 e. The maximum Gasteiger partial charge on any atom is 0.151 e. The molecule has 2 aliphatic heterocycles. The highest BCUT2D eigenvalue weighted by Crippen LogP contribution is 2.30. The normalized spacial score (nSPS) is 21.2. The molecule has 4 N–H and O–H groups in total. The third kappa shape index (κ3) is 5.57. The lowest BCUT2D eigenvalue weighted by Gasteiger charge is -2.47. The summed E-state index contributed by atoms with van der Waals surface area (Å²) in [5.41, 5.74) is 7.11. The molecular weight excluding hydrogens is 476 g/mol. The molecule has 0 amide bonds. The fourth-order valence-corrected chi connectivity index (χ4v) is 5.53. The quantitative estimate of drug-likeness (QED) is 0.265. The van der Waals surface area contributed by atoms with Gasteiger partial charge in [0.15, 0.2) is 5.84 Å². The molecule has 1 atom stereocenters. The van der Waals surface area contributed by atoms with E-state index in [1.165, 1.54) is 6.07 Å². The maximum atomic E-state index is 14.2. The Labute approximate surface area is 212 Å². The molecule has 1 aromatic heterocycles. The van der Waals surface area contributed by atoms with E-state index in [0.717, 1.165) is 57.8 Å². The van der Waals surface area contributed by atoms with E-state index in [0.29, 0.717) is 39.8 Å². The molecule has 2 saturated heterocycles. The Hall–Kier alpha value is -2.13. The standard InChI is InChI=1S/C24H32Cl2FN7.H2/c1-2-19-15-33(24-21(26)11-17(13-30-24)23(28)31-29)9-10-34(19)20-5-7-32(8-6-20)14-16-3-4-18(25)12-22(16)27;/h3-4,11-13,19-20H,2,5-10,14-15,29H2,1H3,(H2,28,31);1H/t19-;/m0./s1. The first-order chi connectivity index (χ1) is 16.4. The number of piperidine rings is 1. The van der Waals surface area contributed by atoms with Gasteiger partial charge in [-0.05, 0) is 50.6 Å². The molecule has 10 heteroatoms. The lowest BCUT2D eigenvalue weighted by atomic mass is 9.97. The third-order valence-electron chi connectivity index (χ3n) is 6.99. The molecule has 0 saturated carbocycles. The topological polar surface area (TPSA) is 87.0 Å². The summed E-state index contributed by atoms with van der Waals surface area (Å²) in [5.74, 6) is 6.02. The molecule has 3 heterocycles. The summed E-state index contributed by atoms with van der Waals surface area (Å²) >= 11 is 12.4. The number of aromatic nitrogens is 1. The second-order valence-corrected chi connectivity index (χ2v) is 9.88. The van der Waals surface area contributed by atoms with Crippen molar-refractivity contribution in [3.63, 3.8) is 0 Å². The Morgan fingerprint density at radius 1 is 1.21 bits per heavy atom. The van der Waals surface area contributed by atoms with Crippen molar-refractivity contribution >= 4 is 34.9 Å². The van der Waals surface area contributed by atoms with Gasteiger partial charge in [-0.2, -0.15) is 5.10 Å². The molecule has 0 spiro atoms. The van der Waals surface area contributed by atoms with Gasteiger partial charge in [-0.25, -0.2) is 9.37 Å². The van der Waals surface area contributed by atoms with Crippen molar-refractivity contribution < 1.29 is 5.82 Å². The van der Waals surface area contributed by atoms with Gasteiger partial charge in [-0.1, -0.05) is 36.2 Å². The Kier molecular flexibility index (Phi) is 8.14. The Balaban J connectivity index is 0.00000342. The van der Waals surface area contributed by atoms with Crippen molar-refractivity contribution in [2.75, 3.05) is 37.6 Å². The smallest absolute Gasteiger partial charge is 0.151 e. The van der Waals surface area contributed by atoms with Crippen LogP contribution in [0, 0.1) is 5.82 Å². The minimum absolute atomic E-state index is 0. The van der Waals surface area contributed by atoms with E-state index in [1.54, 1.807) is 24.4 Å². The number of likely N-dealkylation sites (tertiary alicyclic amines) is 1. The van der Waals surface area contributed by atoms with Gasteiger partial charge < -0.3 is 16.5 Å². The molecule has 2 aliphatic rings. The van der Waals surface area contributed by atoms with Crippen molar-refractivity contribution in [1.82, 2.24) is 14.8 Å². The number of pyridine rings is 1. The first kappa shape index (κ1) is 25.0. The van der Waals surface area contributed by atoms with Crippen LogP contribution in [-0.4, -0.2) is 65.4 Å². The number of piperazine rings is 1. The van der Waals surface area contributed by atoms with E-state index >= 15 is 0 Å². The monoisotopic (exact) mass is 509 g/mol. The molecule has 4 rings (SSSR count). The predicted octanol–water partition coefficient (Wildman–Crippen LogP) is 3.92. The fourth-order valence-electron chi connectivity index (χ4n) is 5.08. The average Bonchev–Trinajstić information content (AvgIpc) is 2.85. The number of benzene rings is 1. The van der Waals surface area contributed by atoms with Gasteiger partial charge in [-0.3, -0.25) is 9.80 Å². The summed E-state index contributed by atoms with van der Waals surface area (Å²) in [7, 11) is 0. The van der Waals surface area contributed by atoms with Crippen LogP contribution in [0.1, 0.15) is 38.7 Å². The number of halogens is 3. The lowest BCUT2D eigenvalue weighted by molar-refractivity contribution is 0.0607. The second-order valence-electron chi connectivity index (χ2n) is 9.03. The lowest BCUT2D eigenvalue weighted by Crippen LogP contribution is -2.58. The van der Waals surface area contributed by atoms with Crippen LogP contribution in [0.15, 0.2) is 35.6 Å². The van der Waals surface area contributed by atoms with Crippen molar-refractivity contribution in [2.24, 2.45) is 16.7 Å². The van der Waals surface area contributed by atoms with Crippen LogP contribution in [0.2, 0.25) is 10.0 Å². The molecule has 1 aromatic carbocycles. The minimum Gasteiger partial charge on any atom is -0.382 e.